The van der Waals surface area contributed by atoms with Crippen LogP contribution in [0.5, 0.6) is 17.2 Å². The summed E-state index contributed by atoms with van der Waals surface area (Å²) in [6.07, 6.45) is 9.20. The Morgan fingerprint density at radius 2 is 1.57 bits per heavy atom. The van der Waals surface area contributed by atoms with Gasteiger partial charge in [0.05, 0.1) is 23.1 Å². The highest BCUT2D eigenvalue weighted by molar-refractivity contribution is 6.32. The fraction of sp³-hybridized carbons (Fsp3) is 0.409. The van der Waals surface area contributed by atoms with E-state index in [1.165, 1.54) is 19.3 Å². The number of carboxylic acids is 1. The van der Waals surface area contributed by atoms with Crippen LogP contribution in [0.25, 0.3) is 11.1 Å². The summed E-state index contributed by atoms with van der Waals surface area (Å²) in [6, 6.07) is 20.3. The fourth-order valence-electron chi connectivity index (χ4n) is 7.32. The van der Waals surface area contributed by atoms with Gasteiger partial charge in [-0.2, -0.15) is 5.26 Å². The third-order valence-corrected chi connectivity index (χ3v) is 10.8. The molecule has 11 nitrogen and oxygen atoms in total. The van der Waals surface area contributed by atoms with Crippen molar-refractivity contribution in [3.05, 3.63) is 105 Å². The molecule has 56 heavy (non-hydrogen) atoms. The van der Waals surface area contributed by atoms with E-state index in [2.05, 4.69) is 59.0 Å². The molecule has 0 unspecified atom stereocenters. The van der Waals surface area contributed by atoms with E-state index >= 15 is 0 Å². The van der Waals surface area contributed by atoms with Gasteiger partial charge in [0.25, 0.3) is 6.47 Å². The average Bonchev–Trinajstić information content (AvgIpc) is 3.21. The number of hydrogen-bond acceptors (Lipinski definition) is 9. The molecule has 0 spiro atoms. The first-order valence-electron chi connectivity index (χ1n) is 19.2. The molecule has 3 heterocycles. The third kappa shape index (κ3) is 11.7. The first-order chi connectivity index (χ1) is 27.2. The number of hydrogen-bond donors (Lipinski definition) is 2. The van der Waals surface area contributed by atoms with Crippen LogP contribution >= 0.6 is 11.6 Å². The minimum absolute atomic E-state index is 0.211. The Bertz CT molecular complexity index is 1970. The van der Waals surface area contributed by atoms with Crippen molar-refractivity contribution in [2.75, 3.05) is 39.3 Å². The van der Waals surface area contributed by atoms with Crippen LogP contribution in [0.1, 0.15) is 71.9 Å². The standard InChI is InChI=1S/C43H49ClN4O5.CH2O2/c1-30-35(9-6-10-37(30)38-11-7-12-40(31(38)2)51-20-8-17-47-18-13-34(14-19-47)43(49)50)29-53-42-23-41(52-28-33-21-32(24-45)25-46-26-33)36(22-39(42)44)27-48-15-4-3-5-16-48;2-1-3/h6-7,9-12,21-23,25-26,34H,3-5,8,13-20,27-29H2,1-2H3,(H,49,50);1H,(H,2,3). The summed E-state index contributed by atoms with van der Waals surface area (Å²) in [5.74, 6) is 1.24. The number of halogens is 1. The number of aromatic nitrogens is 1. The summed E-state index contributed by atoms with van der Waals surface area (Å²) in [6.45, 7) is 10.6. The second-order valence-corrected chi connectivity index (χ2v) is 14.7. The Kier molecular flexibility index (Phi) is 15.9. The summed E-state index contributed by atoms with van der Waals surface area (Å²) in [5.41, 5.74) is 7.81. The van der Waals surface area contributed by atoms with Gasteiger partial charge in [0, 0.05) is 42.7 Å². The predicted octanol–water partition coefficient (Wildman–Crippen LogP) is 8.30. The number of nitriles is 1. The highest BCUT2D eigenvalue weighted by atomic mass is 35.5. The van der Waals surface area contributed by atoms with Crippen molar-refractivity contribution >= 4 is 24.0 Å². The first kappa shape index (κ1) is 42.0. The van der Waals surface area contributed by atoms with Gasteiger partial charge in [-0.15, -0.1) is 0 Å². The van der Waals surface area contributed by atoms with Crippen LogP contribution < -0.4 is 14.2 Å². The van der Waals surface area contributed by atoms with E-state index in [1.54, 1.807) is 18.5 Å². The molecule has 2 N–H and O–H groups in total. The molecular weight excluding hydrogens is 732 g/mol. The lowest BCUT2D eigenvalue weighted by Crippen LogP contribution is -2.37. The molecule has 6 rings (SSSR count). The number of aliphatic carboxylic acids is 1. The minimum atomic E-state index is -0.677. The molecule has 12 heteroatoms. The maximum Gasteiger partial charge on any atom is 0.306 e. The summed E-state index contributed by atoms with van der Waals surface area (Å²) in [7, 11) is 0. The van der Waals surface area contributed by atoms with Gasteiger partial charge >= 0.3 is 5.97 Å². The Balaban J connectivity index is 0.00000194. The summed E-state index contributed by atoms with van der Waals surface area (Å²) in [5, 5.41) is 26.0. The van der Waals surface area contributed by atoms with Gasteiger partial charge in [-0.05, 0) is 118 Å². The third-order valence-electron chi connectivity index (χ3n) is 10.5. The second-order valence-electron chi connectivity index (χ2n) is 14.3. The zero-order chi connectivity index (χ0) is 39.9. The number of likely N-dealkylation sites (tertiary alicyclic amines) is 2. The van der Waals surface area contributed by atoms with Crippen molar-refractivity contribution in [1.29, 1.82) is 5.26 Å². The van der Waals surface area contributed by atoms with Gasteiger partial charge in [-0.25, -0.2) is 0 Å². The normalized spacial score (nSPS) is 14.9. The molecule has 2 saturated heterocycles. The van der Waals surface area contributed by atoms with E-state index in [9.17, 15) is 15.2 Å². The van der Waals surface area contributed by atoms with E-state index < -0.39 is 5.97 Å². The quantitative estimate of drug-likeness (QED) is 0.0887. The van der Waals surface area contributed by atoms with Gasteiger partial charge in [-0.1, -0.05) is 48.4 Å². The van der Waals surface area contributed by atoms with Crippen LogP contribution in [-0.4, -0.2) is 76.8 Å². The summed E-state index contributed by atoms with van der Waals surface area (Å²) >= 11 is 6.88. The lowest BCUT2D eigenvalue weighted by atomic mass is 9.93. The molecule has 2 fully saturated rings. The number of ether oxygens (including phenoxy) is 3. The van der Waals surface area contributed by atoms with Crippen molar-refractivity contribution in [3.63, 3.8) is 0 Å². The van der Waals surface area contributed by atoms with Gasteiger partial charge in [-0.3, -0.25) is 19.5 Å². The van der Waals surface area contributed by atoms with E-state index in [-0.39, 0.29) is 19.0 Å². The average molecular weight is 783 g/mol. The molecule has 0 radical (unpaired) electrons. The molecule has 296 valence electrons. The highest BCUT2D eigenvalue weighted by Crippen LogP contribution is 2.37. The van der Waals surface area contributed by atoms with Crippen LogP contribution in [-0.2, 0) is 29.3 Å². The van der Waals surface area contributed by atoms with Gasteiger partial charge < -0.3 is 29.3 Å². The number of carboxylic acid groups (broad SMARTS) is 2. The summed E-state index contributed by atoms with van der Waals surface area (Å²) in [4.78, 5) is 28.6. The van der Waals surface area contributed by atoms with Crippen LogP contribution in [0.15, 0.2) is 67.0 Å². The molecule has 0 aliphatic carbocycles. The van der Waals surface area contributed by atoms with Crippen molar-refractivity contribution in [2.24, 2.45) is 5.92 Å². The van der Waals surface area contributed by atoms with E-state index in [1.807, 2.05) is 24.3 Å². The fourth-order valence-corrected chi connectivity index (χ4v) is 7.56. The molecule has 1 aromatic heterocycles. The zero-order valence-corrected chi connectivity index (χ0v) is 33.0. The lowest BCUT2D eigenvalue weighted by molar-refractivity contribution is -0.143. The predicted molar refractivity (Wildman–Crippen MR) is 215 cm³/mol. The number of rotatable bonds is 15. The van der Waals surface area contributed by atoms with E-state index in [0.29, 0.717) is 48.1 Å². The monoisotopic (exact) mass is 782 g/mol. The number of pyridine rings is 1. The SMILES string of the molecule is Cc1c(COc2cc(OCc3cncc(C#N)c3)c(CN3CCCCC3)cc2Cl)cccc1-c1cccc(OCCCN2CCC(C(=O)O)CC2)c1C.O=CO. The molecule has 2 aliphatic rings. The van der Waals surface area contributed by atoms with E-state index in [0.717, 1.165) is 90.4 Å². The van der Waals surface area contributed by atoms with Crippen molar-refractivity contribution in [3.8, 4) is 34.4 Å². The van der Waals surface area contributed by atoms with Gasteiger partial charge in [0.15, 0.2) is 0 Å². The minimum Gasteiger partial charge on any atom is -0.493 e. The smallest absolute Gasteiger partial charge is 0.306 e. The van der Waals surface area contributed by atoms with Crippen molar-refractivity contribution in [1.82, 2.24) is 14.8 Å². The van der Waals surface area contributed by atoms with Crippen LogP contribution in [0, 0.1) is 31.1 Å². The Hall–Kier alpha value is -5.15. The number of benzene rings is 3. The molecule has 4 aromatic rings. The molecule has 0 saturated carbocycles. The summed E-state index contributed by atoms with van der Waals surface area (Å²) < 4.78 is 19.1. The maximum atomic E-state index is 11.3. The van der Waals surface area contributed by atoms with Crippen LogP contribution in [0.2, 0.25) is 5.02 Å². The van der Waals surface area contributed by atoms with Crippen LogP contribution in [0.3, 0.4) is 0 Å². The molecule has 2 aliphatic heterocycles. The van der Waals surface area contributed by atoms with Crippen molar-refractivity contribution in [2.45, 2.75) is 72.1 Å². The van der Waals surface area contributed by atoms with Gasteiger partial charge in [0.2, 0.25) is 0 Å². The first-order valence-corrected chi connectivity index (χ1v) is 19.6. The maximum absolute atomic E-state index is 11.3. The van der Waals surface area contributed by atoms with Gasteiger partial charge in [0.1, 0.15) is 36.5 Å². The Morgan fingerprint density at radius 3 is 2.29 bits per heavy atom. The number of piperidine rings is 2. The topological polar surface area (TPSA) is 145 Å². The van der Waals surface area contributed by atoms with E-state index in [4.69, 9.17) is 35.7 Å². The number of nitrogens with zero attached hydrogens (tertiary/aromatic N) is 4. The number of carbonyl (C=O) groups is 2. The lowest BCUT2D eigenvalue weighted by Gasteiger charge is -2.29. The largest absolute Gasteiger partial charge is 0.493 e. The molecule has 0 bridgehead atoms. The molecule has 0 atom stereocenters. The Labute approximate surface area is 334 Å². The second kappa shape index (κ2) is 21.2. The van der Waals surface area contributed by atoms with Crippen LogP contribution in [0.4, 0.5) is 0 Å². The van der Waals surface area contributed by atoms with Crippen molar-refractivity contribution < 1.29 is 34.0 Å². The zero-order valence-electron chi connectivity index (χ0n) is 32.2. The molecule has 3 aromatic carbocycles. The molecular formula is C44H51ClN4O7. The molecule has 0 amide bonds. The Morgan fingerprint density at radius 1 is 0.875 bits per heavy atom. The highest BCUT2D eigenvalue weighted by Gasteiger charge is 2.24.